The summed E-state index contributed by atoms with van der Waals surface area (Å²) in [5, 5.41) is 13.0. The topological polar surface area (TPSA) is 67.2 Å². The summed E-state index contributed by atoms with van der Waals surface area (Å²) in [6.07, 6.45) is 5.85. The Bertz CT molecular complexity index is 766. The van der Waals surface area contributed by atoms with Gasteiger partial charge >= 0.3 is 0 Å². The molecule has 1 amide bonds. The molecule has 0 radical (unpaired) electrons. The molecule has 2 aromatic rings. The zero-order chi connectivity index (χ0) is 18.7. The second kappa shape index (κ2) is 8.53. The number of nitrogens with zero attached hydrogens (tertiary/aromatic N) is 2. The van der Waals surface area contributed by atoms with E-state index in [4.69, 9.17) is 4.98 Å². The Balaban J connectivity index is 0.000000948. The first-order valence-corrected chi connectivity index (χ1v) is 10.6. The first-order chi connectivity index (χ1) is 12.6. The van der Waals surface area contributed by atoms with Crippen LogP contribution in [0.5, 0.6) is 0 Å². The van der Waals surface area contributed by atoms with Gasteiger partial charge in [-0.25, -0.2) is 4.98 Å². The van der Waals surface area contributed by atoms with Gasteiger partial charge < -0.3 is 15.0 Å². The molecule has 0 unspecified atom stereocenters. The molecule has 6 heteroatoms. The van der Waals surface area contributed by atoms with E-state index in [0.29, 0.717) is 12.5 Å². The van der Waals surface area contributed by atoms with Gasteiger partial charge in [0.2, 0.25) is 5.91 Å². The number of halogens is 1. The van der Waals surface area contributed by atoms with Crippen molar-refractivity contribution in [2.75, 3.05) is 0 Å². The molecular weight excluding hydrogens is 394 g/mol. The third kappa shape index (κ3) is 3.96. The predicted octanol–water partition coefficient (Wildman–Crippen LogP) is 4.64. The van der Waals surface area contributed by atoms with Gasteiger partial charge in [-0.05, 0) is 56.7 Å². The number of benzene rings is 1. The van der Waals surface area contributed by atoms with Gasteiger partial charge in [-0.1, -0.05) is 29.8 Å². The molecule has 4 rings (SSSR count). The smallest absolute Gasteiger partial charge is 0.220 e. The number of hydrogen-bond donors (Lipinski definition) is 2. The van der Waals surface area contributed by atoms with Gasteiger partial charge in [0, 0.05) is 16.9 Å². The third-order valence-electron chi connectivity index (χ3n) is 5.25. The van der Waals surface area contributed by atoms with Crippen LogP contribution in [0.15, 0.2) is 22.7 Å². The minimum Gasteiger partial charge on any atom is -0.393 e. The Morgan fingerprint density at radius 1 is 1.19 bits per heavy atom. The molecule has 2 N–H and O–H groups in total. The maximum atomic E-state index is 11.9. The summed E-state index contributed by atoms with van der Waals surface area (Å²) in [7, 11) is 0. The first kappa shape index (κ1) is 19.4. The molecule has 1 aromatic heterocycles. The molecule has 1 saturated carbocycles. The zero-order valence-corrected chi connectivity index (χ0v) is 17.1. The van der Waals surface area contributed by atoms with Crippen molar-refractivity contribution in [1.82, 2.24) is 14.9 Å². The highest BCUT2D eigenvalue weighted by molar-refractivity contribution is 9.10. The number of amides is 1. The maximum Gasteiger partial charge on any atom is 0.220 e. The van der Waals surface area contributed by atoms with Gasteiger partial charge in [-0.2, -0.15) is 0 Å². The SMILES string of the molecule is CC.O=C1CCC[C@@H](c2nc3cc(Br)ccc3n2C2CCC(O)CC2)N1. The Kier molecular flexibility index (Phi) is 6.35. The molecular formula is C20H28BrN3O2. The quantitative estimate of drug-likeness (QED) is 0.741. The summed E-state index contributed by atoms with van der Waals surface area (Å²) in [6, 6.07) is 6.52. The molecule has 5 nitrogen and oxygen atoms in total. The average molecular weight is 422 g/mol. The van der Waals surface area contributed by atoms with E-state index in [-0.39, 0.29) is 18.1 Å². The fourth-order valence-electron chi connectivity index (χ4n) is 4.04. The lowest BCUT2D eigenvalue weighted by molar-refractivity contribution is -0.123. The highest BCUT2D eigenvalue weighted by Crippen LogP contribution is 2.36. The number of aliphatic hydroxyl groups excluding tert-OH is 1. The Labute approximate surface area is 163 Å². The number of aliphatic hydroxyl groups is 1. The molecule has 1 aromatic carbocycles. The molecule has 2 heterocycles. The largest absolute Gasteiger partial charge is 0.393 e. The molecule has 0 bridgehead atoms. The van der Waals surface area contributed by atoms with E-state index in [9.17, 15) is 9.90 Å². The number of rotatable bonds is 2. The van der Waals surface area contributed by atoms with Crippen LogP contribution in [0.25, 0.3) is 11.0 Å². The molecule has 1 aliphatic carbocycles. The first-order valence-electron chi connectivity index (χ1n) is 9.76. The van der Waals surface area contributed by atoms with Gasteiger partial charge in [-0.15, -0.1) is 0 Å². The second-order valence-corrected chi connectivity index (χ2v) is 7.86. The summed E-state index contributed by atoms with van der Waals surface area (Å²) in [5.74, 6) is 1.09. The van der Waals surface area contributed by atoms with E-state index in [1.54, 1.807) is 0 Å². The van der Waals surface area contributed by atoms with Gasteiger partial charge in [0.1, 0.15) is 5.82 Å². The van der Waals surface area contributed by atoms with Crippen molar-refractivity contribution in [2.45, 2.75) is 77.0 Å². The van der Waals surface area contributed by atoms with Crippen molar-refractivity contribution in [3.05, 3.63) is 28.5 Å². The van der Waals surface area contributed by atoms with Crippen LogP contribution in [0.4, 0.5) is 0 Å². The molecule has 26 heavy (non-hydrogen) atoms. The minimum absolute atomic E-state index is 0.00993. The number of aromatic nitrogens is 2. The summed E-state index contributed by atoms with van der Waals surface area (Å²) >= 11 is 3.52. The van der Waals surface area contributed by atoms with Crippen molar-refractivity contribution in [1.29, 1.82) is 0 Å². The number of piperidine rings is 1. The van der Waals surface area contributed by atoms with Crippen molar-refractivity contribution in [2.24, 2.45) is 0 Å². The molecule has 2 fully saturated rings. The van der Waals surface area contributed by atoms with Crippen molar-refractivity contribution in [3.63, 3.8) is 0 Å². The zero-order valence-electron chi connectivity index (χ0n) is 15.5. The Morgan fingerprint density at radius 3 is 2.62 bits per heavy atom. The standard InChI is InChI=1S/C18H22BrN3O2.C2H6/c19-11-4-9-16-15(10-11)21-18(14-2-1-3-17(24)20-14)22(16)12-5-7-13(23)8-6-12;1-2/h4,9-10,12-14,23H,1-3,5-8H2,(H,20,24);1-2H3/t12?,13?,14-;/m0./s1. The summed E-state index contributed by atoms with van der Waals surface area (Å²) < 4.78 is 3.34. The summed E-state index contributed by atoms with van der Waals surface area (Å²) in [4.78, 5) is 16.7. The lowest BCUT2D eigenvalue weighted by atomic mass is 9.92. The van der Waals surface area contributed by atoms with Crippen LogP contribution in [-0.2, 0) is 4.79 Å². The third-order valence-corrected chi connectivity index (χ3v) is 5.75. The lowest BCUT2D eigenvalue weighted by Crippen LogP contribution is -2.35. The normalized spacial score (nSPS) is 26.2. The van der Waals surface area contributed by atoms with E-state index >= 15 is 0 Å². The molecule has 1 aliphatic heterocycles. The fourth-order valence-corrected chi connectivity index (χ4v) is 4.38. The monoisotopic (exact) mass is 421 g/mol. The minimum atomic E-state index is -0.178. The Morgan fingerprint density at radius 2 is 1.92 bits per heavy atom. The fraction of sp³-hybridized carbons (Fsp3) is 0.600. The van der Waals surface area contributed by atoms with Crippen molar-refractivity contribution >= 4 is 32.9 Å². The van der Waals surface area contributed by atoms with Crippen LogP contribution < -0.4 is 5.32 Å². The molecule has 2 aliphatic rings. The number of imidazole rings is 1. The predicted molar refractivity (Wildman–Crippen MR) is 107 cm³/mol. The lowest BCUT2D eigenvalue weighted by Gasteiger charge is -2.31. The van der Waals surface area contributed by atoms with Gasteiger partial charge in [0.25, 0.3) is 0 Å². The van der Waals surface area contributed by atoms with Crippen LogP contribution in [0.3, 0.4) is 0 Å². The summed E-state index contributed by atoms with van der Waals surface area (Å²) in [5.41, 5.74) is 2.08. The van der Waals surface area contributed by atoms with Gasteiger partial charge in [0.05, 0.1) is 23.2 Å². The van der Waals surface area contributed by atoms with Crippen LogP contribution in [0.2, 0.25) is 0 Å². The van der Waals surface area contributed by atoms with E-state index < -0.39 is 0 Å². The number of carbonyl (C=O) groups excluding carboxylic acids is 1. The van der Waals surface area contributed by atoms with Crippen molar-refractivity contribution in [3.8, 4) is 0 Å². The van der Waals surface area contributed by atoms with E-state index in [0.717, 1.165) is 59.9 Å². The average Bonchev–Trinajstić information content (AvgIpc) is 3.02. The van der Waals surface area contributed by atoms with E-state index in [1.165, 1.54) is 0 Å². The van der Waals surface area contributed by atoms with Gasteiger partial charge in [-0.3, -0.25) is 4.79 Å². The molecule has 1 saturated heterocycles. The Hall–Kier alpha value is -1.40. The van der Waals surface area contributed by atoms with Gasteiger partial charge in [0.15, 0.2) is 0 Å². The van der Waals surface area contributed by atoms with Crippen LogP contribution in [0, 0.1) is 0 Å². The molecule has 1 atom stereocenters. The maximum absolute atomic E-state index is 11.9. The highest BCUT2D eigenvalue weighted by atomic mass is 79.9. The van der Waals surface area contributed by atoms with Crippen LogP contribution >= 0.6 is 15.9 Å². The number of carbonyl (C=O) groups is 1. The summed E-state index contributed by atoms with van der Waals surface area (Å²) in [6.45, 7) is 4.00. The molecule has 0 spiro atoms. The second-order valence-electron chi connectivity index (χ2n) is 6.95. The molecule has 142 valence electrons. The highest BCUT2D eigenvalue weighted by Gasteiger charge is 2.30. The number of fused-ring (bicyclic) bond motifs is 1. The number of nitrogens with one attached hydrogen (secondary N) is 1. The number of hydrogen-bond acceptors (Lipinski definition) is 3. The van der Waals surface area contributed by atoms with Crippen molar-refractivity contribution < 1.29 is 9.90 Å². The van der Waals surface area contributed by atoms with Crippen LogP contribution in [0.1, 0.15) is 76.7 Å². The van der Waals surface area contributed by atoms with Crippen LogP contribution in [-0.4, -0.2) is 26.7 Å². The van der Waals surface area contributed by atoms with E-state index in [1.807, 2.05) is 26.0 Å². The van der Waals surface area contributed by atoms with E-state index in [2.05, 4.69) is 31.9 Å².